The molecule has 25 heavy (non-hydrogen) atoms. The van der Waals surface area contributed by atoms with E-state index in [1.807, 2.05) is 24.3 Å². The molecule has 2 aromatic heterocycles. The van der Waals surface area contributed by atoms with Gasteiger partial charge < -0.3 is 20.3 Å². The summed E-state index contributed by atoms with van der Waals surface area (Å²) >= 11 is 1.36. The molecule has 0 aliphatic rings. The number of oxazole rings is 1. The third kappa shape index (κ3) is 3.66. The SMILES string of the molecule is CN(Cc1csc(/C(=N\N)c2ccc(-c3cnco3)cc2)n1)C(=O)O. The minimum absolute atomic E-state index is 0.202. The molecule has 9 heteroatoms. The summed E-state index contributed by atoms with van der Waals surface area (Å²) in [6.45, 7) is 0.202. The van der Waals surface area contributed by atoms with E-state index in [-0.39, 0.29) is 6.54 Å². The number of rotatable bonds is 5. The first kappa shape index (κ1) is 16.7. The van der Waals surface area contributed by atoms with E-state index in [1.54, 1.807) is 11.6 Å². The number of benzene rings is 1. The van der Waals surface area contributed by atoms with E-state index in [2.05, 4.69) is 15.1 Å². The van der Waals surface area contributed by atoms with Crippen molar-refractivity contribution in [2.75, 3.05) is 7.05 Å². The molecule has 0 fully saturated rings. The molecule has 0 saturated heterocycles. The molecule has 0 bridgehead atoms. The van der Waals surface area contributed by atoms with Crippen molar-refractivity contribution < 1.29 is 14.3 Å². The Bertz CT molecular complexity index is 887. The van der Waals surface area contributed by atoms with Gasteiger partial charge in [-0.2, -0.15) is 5.10 Å². The standard InChI is InChI=1S/C16H15N5O3S/c1-21(16(22)23)7-12-8-25-15(19-12)14(20-17)11-4-2-10(3-5-11)13-6-18-9-24-13/h2-6,8-9H,7,17H2,1H3,(H,22,23)/b20-14-. The monoisotopic (exact) mass is 357 g/mol. The van der Waals surface area contributed by atoms with Crippen molar-refractivity contribution in [3.8, 4) is 11.3 Å². The fourth-order valence-corrected chi connectivity index (χ4v) is 3.03. The van der Waals surface area contributed by atoms with Crippen LogP contribution in [0.1, 0.15) is 16.3 Å². The number of nitrogens with two attached hydrogens (primary N) is 1. The molecular formula is C16H15N5O3S. The zero-order chi connectivity index (χ0) is 17.8. The Hall–Kier alpha value is -3.20. The van der Waals surface area contributed by atoms with Gasteiger partial charge in [-0.15, -0.1) is 11.3 Å². The van der Waals surface area contributed by atoms with Gasteiger partial charge in [-0.05, 0) is 0 Å². The molecule has 1 aromatic carbocycles. The maximum Gasteiger partial charge on any atom is 0.407 e. The van der Waals surface area contributed by atoms with Crippen LogP contribution in [0.15, 0.2) is 51.8 Å². The van der Waals surface area contributed by atoms with Gasteiger partial charge in [0.2, 0.25) is 0 Å². The number of aromatic nitrogens is 2. The van der Waals surface area contributed by atoms with E-state index in [0.29, 0.717) is 22.2 Å². The molecule has 0 spiro atoms. The number of hydrogen-bond donors (Lipinski definition) is 2. The van der Waals surface area contributed by atoms with Crippen LogP contribution in [0.3, 0.4) is 0 Å². The van der Waals surface area contributed by atoms with Gasteiger partial charge in [0.1, 0.15) is 10.7 Å². The fraction of sp³-hybridized carbons (Fsp3) is 0.125. The van der Waals surface area contributed by atoms with Crippen molar-refractivity contribution in [3.63, 3.8) is 0 Å². The van der Waals surface area contributed by atoms with Crippen LogP contribution in [0.2, 0.25) is 0 Å². The number of nitrogens with zero attached hydrogens (tertiary/aromatic N) is 4. The molecule has 3 rings (SSSR count). The second kappa shape index (κ2) is 7.14. The van der Waals surface area contributed by atoms with Gasteiger partial charge in [0.05, 0.1) is 18.4 Å². The number of hydrogen-bond acceptors (Lipinski definition) is 7. The molecule has 0 saturated carbocycles. The lowest BCUT2D eigenvalue weighted by molar-refractivity contribution is 0.153. The molecular weight excluding hydrogens is 342 g/mol. The van der Waals surface area contributed by atoms with Gasteiger partial charge in [0, 0.05) is 23.6 Å². The third-order valence-electron chi connectivity index (χ3n) is 3.48. The van der Waals surface area contributed by atoms with Gasteiger partial charge in [-0.1, -0.05) is 24.3 Å². The number of hydrazone groups is 1. The van der Waals surface area contributed by atoms with Crippen molar-refractivity contribution in [3.05, 3.63) is 58.5 Å². The highest BCUT2D eigenvalue weighted by Gasteiger charge is 2.14. The average Bonchev–Trinajstić information content (AvgIpc) is 3.28. The van der Waals surface area contributed by atoms with Crippen LogP contribution in [0.5, 0.6) is 0 Å². The number of carbonyl (C=O) groups is 1. The summed E-state index contributed by atoms with van der Waals surface area (Å²) in [5, 5.41) is 15.2. The van der Waals surface area contributed by atoms with E-state index in [9.17, 15) is 4.79 Å². The van der Waals surface area contributed by atoms with E-state index in [1.165, 1.54) is 24.8 Å². The van der Waals surface area contributed by atoms with Gasteiger partial charge in [-0.25, -0.2) is 14.8 Å². The zero-order valence-corrected chi connectivity index (χ0v) is 14.1. The predicted octanol–water partition coefficient (Wildman–Crippen LogP) is 2.62. The molecule has 0 aliphatic carbocycles. The molecule has 0 atom stereocenters. The predicted molar refractivity (Wildman–Crippen MR) is 93.4 cm³/mol. The molecule has 0 aliphatic heterocycles. The molecule has 0 radical (unpaired) electrons. The summed E-state index contributed by atoms with van der Waals surface area (Å²) in [5.41, 5.74) is 2.88. The smallest absolute Gasteiger partial charge is 0.407 e. The Kier molecular flexibility index (Phi) is 4.75. The minimum Gasteiger partial charge on any atom is -0.465 e. The highest BCUT2D eigenvalue weighted by Crippen LogP contribution is 2.21. The topological polar surface area (TPSA) is 118 Å². The molecule has 8 nitrogen and oxygen atoms in total. The maximum absolute atomic E-state index is 10.9. The van der Waals surface area contributed by atoms with Crippen molar-refractivity contribution in [1.29, 1.82) is 0 Å². The highest BCUT2D eigenvalue weighted by molar-refractivity contribution is 7.12. The maximum atomic E-state index is 10.9. The van der Waals surface area contributed by atoms with Crippen LogP contribution in [-0.4, -0.2) is 38.8 Å². The summed E-state index contributed by atoms with van der Waals surface area (Å²) in [4.78, 5) is 20.4. The molecule has 3 N–H and O–H groups in total. The van der Waals surface area contributed by atoms with E-state index < -0.39 is 6.09 Å². The summed E-state index contributed by atoms with van der Waals surface area (Å²) < 4.78 is 5.26. The molecule has 1 amide bonds. The second-order valence-electron chi connectivity index (χ2n) is 5.20. The van der Waals surface area contributed by atoms with E-state index in [0.717, 1.165) is 16.0 Å². The number of thiazole rings is 1. The number of carboxylic acid groups (broad SMARTS) is 1. The Morgan fingerprint density at radius 1 is 1.40 bits per heavy atom. The van der Waals surface area contributed by atoms with Crippen LogP contribution in [0.4, 0.5) is 4.79 Å². The Morgan fingerprint density at radius 3 is 2.76 bits per heavy atom. The van der Waals surface area contributed by atoms with E-state index >= 15 is 0 Å². The first-order valence-electron chi connectivity index (χ1n) is 7.24. The van der Waals surface area contributed by atoms with Crippen LogP contribution in [0, 0.1) is 0 Å². The van der Waals surface area contributed by atoms with Crippen molar-refractivity contribution in [2.45, 2.75) is 6.54 Å². The summed E-state index contributed by atoms with van der Waals surface area (Å²) in [6, 6.07) is 7.50. The van der Waals surface area contributed by atoms with Crippen molar-refractivity contribution in [1.82, 2.24) is 14.9 Å². The summed E-state index contributed by atoms with van der Waals surface area (Å²) in [5.74, 6) is 6.22. The molecule has 128 valence electrons. The normalized spacial score (nSPS) is 11.5. The molecule has 2 heterocycles. The summed E-state index contributed by atoms with van der Waals surface area (Å²) in [6.07, 6.45) is 2.01. The lowest BCUT2D eigenvalue weighted by Gasteiger charge is -2.10. The van der Waals surface area contributed by atoms with Gasteiger partial charge in [0.25, 0.3) is 0 Å². The summed E-state index contributed by atoms with van der Waals surface area (Å²) in [7, 11) is 1.49. The minimum atomic E-state index is -1.01. The second-order valence-corrected chi connectivity index (χ2v) is 6.06. The van der Waals surface area contributed by atoms with Crippen LogP contribution in [-0.2, 0) is 6.54 Å². The van der Waals surface area contributed by atoms with Gasteiger partial charge in [0.15, 0.2) is 12.2 Å². The Labute approximate surface area is 147 Å². The molecule has 0 unspecified atom stereocenters. The van der Waals surface area contributed by atoms with Gasteiger partial charge in [-0.3, -0.25) is 0 Å². The lowest BCUT2D eigenvalue weighted by atomic mass is 10.1. The molecule has 3 aromatic rings. The number of amides is 1. The largest absolute Gasteiger partial charge is 0.465 e. The zero-order valence-electron chi connectivity index (χ0n) is 13.3. The first-order chi connectivity index (χ1) is 12.1. The Balaban J connectivity index is 1.81. The quantitative estimate of drug-likeness (QED) is 0.412. The van der Waals surface area contributed by atoms with E-state index in [4.69, 9.17) is 15.4 Å². The third-order valence-corrected chi connectivity index (χ3v) is 4.38. The van der Waals surface area contributed by atoms with Gasteiger partial charge >= 0.3 is 6.09 Å². The van der Waals surface area contributed by atoms with Crippen molar-refractivity contribution >= 4 is 23.1 Å². The van der Waals surface area contributed by atoms with Crippen LogP contribution in [0.25, 0.3) is 11.3 Å². The lowest BCUT2D eigenvalue weighted by Crippen LogP contribution is -2.24. The van der Waals surface area contributed by atoms with Crippen LogP contribution >= 0.6 is 11.3 Å². The first-order valence-corrected chi connectivity index (χ1v) is 8.12. The fourth-order valence-electron chi connectivity index (χ4n) is 2.20. The highest BCUT2D eigenvalue weighted by atomic mass is 32.1. The van der Waals surface area contributed by atoms with Crippen LogP contribution < -0.4 is 5.84 Å². The van der Waals surface area contributed by atoms with Crippen molar-refractivity contribution in [2.24, 2.45) is 10.9 Å². The average molecular weight is 357 g/mol. The Morgan fingerprint density at radius 2 is 2.16 bits per heavy atom.